The van der Waals surface area contributed by atoms with E-state index >= 15 is 0 Å². The van der Waals surface area contributed by atoms with Crippen LogP contribution in [0.4, 0.5) is 0 Å². The number of pyridine rings is 1. The number of aromatic nitrogens is 1. The SMILES string of the molecule is COc1ccc(S(=O)(=O)N(C)Cc2ccccn2)c(OC)c1. The minimum absolute atomic E-state index is 0.0919. The van der Waals surface area contributed by atoms with Crippen molar-refractivity contribution in [2.45, 2.75) is 11.4 Å². The summed E-state index contributed by atoms with van der Waals surface area (Å²) in [6.45, 7) is 0.179. The molecule has 0 saturated heterocycles. The largest absolute Gasteiger partial charge is 0.497 e. The lowest BCUT2D eigenvalue weighted by molar-refractivity contribution is 0.383. The Morgan fingerprint density at radius 3 is 2.50 bits per heavy atom. The van der Waals surface area contributed by atoms with E-state index in [1.165, 1.54) is 31.6 Å². The lowest BCUT2D eigenvalue weighted by Crippen LogP contribution is -2.27. The summed E-state index contributed by atoms with van der Waals surface area (Å²) < 4.78 is 36.9. The van der Waals surface area contributed by atoms with Crippen LogP contribution in [0.5, 0.6) is 11.5 Å². The third-order valence-electron chi connectivity index (χ3n) is 3.17. The Kier molecular flexibility index (Phi) is 4.99. The van der Waals surface area contributed by atoms with Gasteiger partial charge in [-0.2, -0.15) is 4.31 Å². The monoisotopic (exact) mass is 322 g/mol. The number of benzene rings is 1. The first-order valence-corrected chi connectivity index (χ1v) is 8.01. The van der Waals surface area contributed by atoms with Gasteiger partial charge in [-0.25, -0.2) is 8.42 Å². The summed E-state index contributed by atoms with van der Waals surface area (Å²) in [6, 6.07) is 9.98. The molecule has 0 amide bonds. The van der Waals surface area contributed by atoms with Crippen LogP contribution in [0.2, 0.25) is 0 Å². The van der Waals surface area contributed by atoms with E-state index in [0.29, 0.717) is 11.4 Å². The summed E-state index contributed by atoms with van der Waals surface area (Å²) in [6.07, 6.45) is 1.63. The van der Waals surface area contributed by atoms with Crippen LogP contribution in [-0.2, 0) is 16.6 Å². The Labute approximate surface area is 130 Å². The van der Waals surface area contributed by atoms with Crippen LogP contribution in [0.25, 0.3) is 0 Å². The second kappa shape index (κ2) is 6.76. The average molecular weight is 322 g/mol. The van der Waals surface area contributed by atoms with E-state index in [4.69, 9.17) is 9.47 Å². The number of nitrogens with zero attached hydrogens (tertiary/aromatic N) is 2. The molecule has 22 heavy (non-hydrogen) atoms. The van der Waals surface area contributed by atoms with Gasteiger partial charge in [-0.3, -0.25) is 4.98 Å². The standard InChI is InChI=1S/C15H18N2O4S/c1-17(11-12-6-4-5-9-16-12)22(18,19)15-8-7-13(20-2)10-14(15)21-3/h4-10H,11H2,1-3H3. The highest BCUT2D eigenvalue weighted by molar-refractivity contribution is 7.89. The second-order valence-electron chi connectivity index (χ2n) is 4.60. The smallest absolute Gasteiger partial charge is 0.246 e. The first kappa shape index (κ1) is 16.3. The molecule has 0 unspecified atom stereocenters. The number of rotatable bonds is 6. The fourth-order valence-electron chi connectivity index (χ4n) is 1.96. The Morgan fingerprint density at radius 2 is 1.91 bits per heavy atom. The molecule has 0 aliphatic carbocycles. The Bertz CT molecular complexity index is 732. The van der Waals surface area contributed by atoms with Gasteiger partial charge in [0.25, 0.3) is 0 Å². The summed E-state index contributed by atoms with van der Waals surface area (Å²) in [5, 5.41) is 0. The lowest BCUT2D eigenvalue weighted by Gasteiger charge is -2.19. The van der Waals surface area contributed by atoms with Crippen LogP contribution < -0.4 is 9.47 Å². The molecule has 0 spiro atoms. The normalized spacial score (nSPS) is 11.5. The Hall–Kier alpha value is -2.12. The lowest BCUT2D eigenvalue weighted by atomic mass is 10.3. The topological polar surface area (TPSA) is 68.7 Å². The van der Waals surface area contributed by atoms with Crippen molar-refractivity contribution < 1.29 is 17.9 Å². The minimum atomic E-state index is -3.69. The van der Waals surface area contributed by atoms with E-state index in [2.05, 4.69) is 4.98 Å². The summed E-state index contributed by atoms with van der Waals surface area (Å²) in [5.41, 5.74) is 0.668. The number of sulfonamides is 1. The molecule has 0 aliphatic rings. The first-order valence-electron chi connectivity index (χ1n) is 6.57. The molecule has 2 rings (SSSR count). The van der Waals surface area contributed by atoms with Crippen molar-refractivity contribution in [2.24, 2.45) is 0 Å². The van der Waals surface area contributed by atoms with Gasteiger partial charge < -0.3 is 9.47 Å². The molecule has 1 aromatic heterocycles. The van der Waals surface area contributed by atoms with E-state index in [0.717, 1.165) is 0 Å². The Morgan fingerprint density at radius 1 is 1.14 bits per heavy atom. The molecule has 1 aromatic carbocycles. The molecular formula is C15H18N2O4S. The molecule has 2 aromatic rings. The summed E-state index contributed by atoms with van der Waals surface area (Å²) in [5.74, 6) is 0.774. The van der Waals surface area contributed by atoms with Gasteiger partial charge in [0.2, 0.25) is 10.0 Å². The molecular weight excluding hydrogens is 304 g/mol. The van der Waals surface area contributed by atoms with E-state index in [1.807, 2.05) is 6.07 Å². The maximum Gasteiger partial charge on any atom is 0.246 e. The third-order valence-corrected chi connectivity index (χ3v) is 5.01. The molecule has 1 heterocycles. The zero-order valence-corrected chi connectivity index (χ0v) is 13.5. The number of hydrogen-bond acceptors (Lipinski definition) is 5. The van der Waals surface area contributed by atoms with Crippen molar-refractivity contribution in [3.63, 3.8) is 0 Å². The predicted octanol–water partition coefficient (Wildman–Crippen LogP) is 1.92. The van der Waals surface area contributed by atoms with Crippen molar-refractivity contribution in [1.29, 1.82) is 0 Å². The van der Waals surface area contributed by atoms with Crippen LogP contribution in [0.15, 0.2) is 47.5 Å². The van der Waals surface area contributed by atoms with Gasteiger partial charge in [0.05, 0.1) is 26.5 Å². The van der Waals surface area contributed by atoms with Gasteiger partial charge in [0.1, 0.15) is 16.4 Å². The van der Waals surface area contributed by atoms with E-state index in [1.54, 1.807) is 30.5 Å². The fourth-order valence-corrected chi connectivity index (χ4v) is 3.24. The van der Waals surface area contributed by atoms with Crippen molar-refractivity contribution >= 4 is 10.0 Å². The van der Waals surface area contributed by atoms with Gasteiger partial charge in [0.15, 0.2) is 0 Å². The fraction of sp³-hybridized carbons (Fsp3) is 0.267. The first-order chi connectivity index (χ1) is 10.5. The quantitative estimate of drug-likeness (QED) is 0.813. The predicted molar refractivity (Wildman–Crippen MR) is 82.4 cm³/mol. The van der Waals surface area contributed by atoms with Gasteiger partial charge in [-0.05, 0) is 24.3 Å². The Balaban J connectivity index is 2.33. The van der Waals surface area contributed by atoms with Gasteiger partial charge in [0, 0.05) is 19.3 Å². The van der Waals surface area contributed by atoms with E-state index in [9.17, 15) is 8.42 Å². The molecule has 0 bridgehead atoms. The van der Waals surface area contributed by atoms with E-state index < -0.39 is 10.0 Å². The third kappa shape index (κ3) is 3.37. The maximum atomic E-state index is 12.7. The van der Waals surface area contributed by atoms with Crippen LogP contribution in [0.3, 0.4) is 0 Å². The molecule has 118 valence electrons. The highest BCUT2D eigenvalue weighted by Gasteiger charge is 2.25. The molecule has 0 radical (unpaired) electrons. The van der Waals surface area contributed by atoms with Crippen molar-refractivity contribution in [2.75, 3.05) is 21.3 Å². The number of ether oxygens (including phenoxy) is 2. The molecule has 7 heteroatoms. The minimum Gasteiger partial charge on any atom is -0.497 e. The zero-order chi connectivity index (χ0) is 16.2. The maximum absolute atomic E-state index is 12.7. The molecule has 6 nitrogen and oxygen atoms in total. The summed E-state index contributed by atoms with van der Waals surface area (Å²) >= 11 is 0. The molecule has 0 aliphatic heterocycles. The van der Waals surface area contributed by atoms with Crippen molar-refractivity contribution in [3.8, 4) is 11.5 Å². The summed E-state index contributed by atoms with van der Waals surface area (Å²) in [4.78, 5) is 4.23. The number of hydrogen-bond donors (Lipinski definition) is 0. The van der Waals surface area contributed by atoms with Crippen molar-refractivity contribution in [3.05, 3.63) is 48.3 Å². The van der Waals surface area contributed by atoms with Crippen LogP contribution in [-0.4, -0.2) is 39.0 Å². The van der Waals surface area contributed by atoms with Crippen LogP contribution in [0, 0.1) is 0 Å². The number of methoxy groups -OCH3 is 2. The van der Waals surface area contributed by atoms with Crippen LogP contribution >= 0.6 is 0 Å². The highest BCUT2D eigenvalue weighted by Crippen LogP contribution is 2.30. The average Bonchev–Trinajstić information content (AvgIpc) is 2.55. The molecule has 0 saturated carbocycles. The van der Waals surface area contributed by atoms with Gasteiger partial charge in [-0.15, -0.1) is 0 Å². The van der Waals surface area contributed by atoms with Crippen LogP contribution in [0.1, 0.15) is 5.69 Å². The summed E-state index contributed by atoms with van der Waals surface area (Å²) in [7, 11) is 0.749. The van der Waals surface area contributed by atoms with Crippen molar-refractivity contribution in [1.82, 2.24) is 9.29 Å². The second-order valence-corrected chi connectivity index (χ2v) is 6.61. The van der Waals surface area contributed by atoms with Gasteiger partial charge in [-0.1, -0.05) is 6.07 Å². The zero-order valence-electron chi connectivity index (χ0n) is 12.7. The molecule has 0 fully saturated rings. The molecule has 0 atom stereocenters. The highest BCUT2D eigenvalue weighted by atomic mass is 32.2. The molecule has 0 N–H and O–H groups in total. The van der Waals surface area contributed by atoms with E-state index in [-0.39, 0.29) is 17.2 Å². The van der Waals surface area contributed by atoms with Gasteiger partial charge >= 0.3 is 0 Å².